The molecule has 0 unspecified atom stereocenters. The largest absolute Gasteiger partial charge is 0.343 e. The molecule has 0 bridgehead atoms. The summed E-state index contributed by atoms with van der Waals surface area (Å²) < 4.78 is 27.9. The second kappa shape index (κ2) is 9.13. The SMILES string of the molecule is Cc1ccc(S(=O)(=O)N2CCCc3ccc(NC(=O)C(=O)NCc4cccs4)cc32)cc1. The maximum absolute atomic E-state index is 13.3. The molecule has 166 valence electrons. The van der Waals surface area contributed by atoms with Gasteiger partial charge in [0.1, 0.15) is 0 Å². The Labute approximate surface area is 191 Å². The lowest BCUT2D eigenvalue weighted by atomic mass is 10.0. The van der Waals surface area contributed by atoms with Gasteiger partial charge in [-0.1, -0.05) is 29.8 Å². The number of sulfonamides is 1. The maximum Gasteiger partial charge on any atom is 0.313 e. The normalized spacial score (nSPS) is 13.3. The quantitative estimate of drug-likeness (QED) is 0.560. The summed E-state index contributed by atoms with van der Waals surface area (Å²) in [4.78, 5) is 25.6. The van der Waals surface area contributed by atoms with E-state index in [-0.39, 0.29) is 11.4 Å². The Kier molecular flexibility index (Phi) is 6.29. The summed E-state index contributed by atoms with van der Waals surface area (Å²) in [6.07, 6.45) is 1.44. The summed E-state index contributed by atoms with van der Waals surface area (Å²) in [7, 11) is -3.74. The predicted octanol–water partition coefficient (Wildman–Crippen LogP) is 3.45. The zero-order chi connectivity index (χ0) is 22.7. The van der Waals surface area contributed by atoms with Crippen molar-refractivity contribution < 1.29 is 18.0 Å². The van der Waals surface area contributed by atoms with Crippen LogP contribution in [-0.2, 0) is 32.6 Å². The number of rotatable bonds is 5. The highest BCUT2D eigenvalue weighted by molar-refractivity contribution is 7.92. The first-order chi connectivity index (χ1) is 15.3. The van der Waals surface area contributed by atoms with E-state index in [4.69, 9.17) is 0 Å². The van der Waals surface area contributed by atoms with Crippen molar-refractivity contribution in [3.8, 4) is 0 Å². The summed E-state index contributed by atoms with van der Waals surface area (Å²) >= 11 is 1.49. The fourth-order valence-corrected chi connectivity index (χ4v) is 5.73. The summed E-state index contributed by atoms with van der Waals surface area (Å²) in [6, 6.07) is 15.6. The molecule has 0 radical (unpaired) electrons. The Hall–Kier alpha value is -3.17. The van der Waals surface area contributed by atoms with E-state index >= 15 is 0 Å². The number of benzene rings is 2. The molecule has 4 rings (SSSR count). The minimum absolute atomic E-state index is 0.221. The first kappa shape index (κ1) is 22.0. The monoisotopic (exact) mass is 469 g/mol. The maximum atomic E-state index is 13.3. The van der Waals surface area contributed by atoms with E-state index in [1.165, 1.54) is 15.6 Å². The van der Waals surface area contributed by atoms with Crippen LogP contribution in [0.4, 0.5) is 11.4 Å². The molecule has 1 aliphatic rings. The molecule has 2 aromatic carbocycles. The second-order valence-electron chi connectivity index (χ2n) is 7.55. The van der Waals surface area contributed by atoms with Crippen LogP contribution in [0, 0.1) is 6.92 Å². The van der Waals surface area contributed by atoms with Gasteiger partial charge in [0.05, 0.1) is 17.1 Å². The van der Waals surface area contributed by atoms with Crippen LogP contribution >= 0.6 is 11.3 Å². The summed E-state index contributed by atoms with van der Waals surface area (Å²) in [5, 5.41) is 7.05. The molecule has 0 spiro atoms. The Morgan fingerprint density at radius 3 is 2.56 bits per heavy atom. The third-order valence-corrected chi connectivity index (χ3v) is 7.94. The summed E-state index contributed by atoms with van der Waals surface area (Å²) in [5.41, 5.74) is 2.75. The highest BCUT2D eigenvalue weighted by Gasteiger charge is 2.29. The first-order valence-corrected chi connectivity index (χ1v) is 12.5. The van der Waals surface area contributed by atoms with E-state index in [0.29, 0.717) is 24.3 Å². The van der Waals surface area contributed by atoms with Crippen molar-refractivity contribution in [2.75, 3.05) is 16.2 Å². The molecule has 7 nitrogen and oxygen atoms in total. The Morgan fingerprint density at radius 1 is 1.06 bits per heavy atom. The molecule has 2 heterocycles. The van der Waals surface area contributed by atoms with Crippen molar-refractivity contribution in [1.29, 1.82) is 0 Å². The number of thiophene rings is 1. The molecule has 9 heteroatoms. The Morgan fingerprint density at radius 2 is 1.84 bits per heavy atom. The number of nitrogens with one attached hydrogen (secondary N) is 2. The minimum Gasteiger partial charge on any atom is -0.343 e. The van der Waals surface area contributed by atoms with E-state index < -0.39 is 21.8 Å². The predicted molar refractivity (Wildman–Crippen MR) is 125 cm³/mol. The third-order valence-electron chi connectivity index (χ3n) is 5.24. The van der Waals surface area contributed by atoms with Gasteiger partial charge in [0.2, 0.25) is 0 Å². The van der Waals surface area contributed by atoms with Crippen molar-refractivity contribution >= 4 is 44.5 Å². The van der Waals surface area contributed by atoms with Gasteiger partial charge >= 0.3 is 11.8 Å². The van der Waals surface area contributed by atoms with Gasteiger partial charge in [-0.25, -0.2) is 8.42 Å². The fraction of sp³-hybridized carbons (Fsp3) is 0.217. The van der Waals surface area contributed by atoms with Gasteiger partial charge in [-0.2, -0.15) is 0 Å². The van der Waals surface area contributed by atoms with Crippen molar-refractivity contribution in [3.05, 3.63) is 76.0 Å². The van der Waals surface area contributed by atoms with Gasteiger partial charge in [0, 0.05) is 17.1 Å². The topological polar surface area (TPSA) is 95.6 Å². The van der Waals surface area contributed by atoms with Crippen molar-refractivity contribution in [1.82, 2.24) is 5.32 Å². The minimum atomic E-state index is -3.74. The average molecular weight is 470 g/mol. The lowest BCUT2D eigenvalue weighted by Gasteiger charge is -2.31. The number of nitrogens with zero attached hydrogens (tertiary/aromatic N) is 1. The molecule has 2 amide bonds. The van der Waals surface area contributed by atoms with Crippen molar-refractivity contribution in [3.63, 3.8) is 0 Å². The smallest absolute Gasteiger partial charge is 0.313 e. The molecule has 0 saturated heterocycles. The highest BCUT2D eigenvalue weighted by Crippen LogP contribution is 2.34. The molecule has 0 aliphatic carbocycles. The van der Waals surface area contributed by atoms with Gasteiger partial charge < -0.3 is 10.6 Å². The van der Waals surface area contributed by atoms with E-state index in [2.05, 4.69) is 10.6 Å². The van der Waals surface area contributed by atoms with Crippen LogP contribution in [0.5, 0.6) is 0 Å². The standard InChI is InChI=1S/C23H23N3O4S2/c1-16-6-10-20(11-7-16)32(29,30)26-12-2-4-17-8-9-18(14-21(17)26)25-23(28)22(27)24-15-19-5-3-13-31-19/h3,5-11,13-14H,2,4,12,15H2,1H3,(H,24,27)(H,25,28). The van der Waals surface area contributed by atoms with Crippen LogP contribution in [0.15, 0.2) is 64.9 Å². The van der Waals surface area contributed by atoms with Crippen LogP contribution in [0.2, 0.25) is 0 Å². The van der Waals surface area contributed by atoms with Crippen molar-refractivity contribution in [2.24, 2.45) is 0 Å². The second-order valence-corrected chi connectivity index (χ2v) is 10.4. The van der Waals surface area contributed by atoms with Crippen molar-refractivity contribution in [2.45, 2.75) is 31.2 Å². The van der Waals surface area contributed by atoms with Gasteiger partial charge in [0.25, 0.3) is 10.0 Å². The summed E-state index contributed by atoms with van der Waals surface area (Å²) in [5.74, 6) is -1.55. The number of aryl methyl sites for hydroxylation is 2. The average Bonchev–Trinajstić information content (AvgIpc) is 3.31. The molecule has 3 aromatic rings. The van der Waals surface area contributed by atoms with Gasteiger partial charge in [0.15, 0.2) is 0 Å². The Bertz CT molecular complexity index is 1240. The lowest BCUT2D eigenvalue weighted by Crippen LogP contribution is -2.36. The number of anilines is 2. The van der Waals surface area contributed by atoms with Crippen LogP contribution < -0.4 is 14.9 Å². The zero-order valence-corrected chi connectivity index (χ0v) is 19.1. The molecule has 1 aromatic heterocycles. The van der Waals surface area contributed by atoms with Crippen LogP contribution in [0.3, 0.4) is 0 Å². The van der Waals surface area contributed by atoms with E-state index in [1.807, 2.05) is 24.4 Å². The van der Waals surface area contributed by atoms with E-state index in [1.54, 1.807) is 42.5 Å². The molecule has 0 saturated carbocycles. The number of carbonyl (C=O) groups is 2. The first-order valence-electron chi connectivity index (χ1n) is 10.2. The lowest BCUT2D eigenvalue weighted by molar-refractivity contribution is -0.136. The van der Waals surface area contributed by atoms with Gasteiger partial charge in [-0.15, -0.1) is 11.3 Å². The van der Waals surface area contributed by atoms with E-state index in [9.17, 15) is 18.0 Å². The summed E-state index contributed by atoms with van der Waals surface area (Å²) in [6.45, 7) is 2.52. The molecule has 0 atom stereocenters. The number of hydrogen-bond donors (Lipinski definition) is 2. The van der Waals surface area contributed by atoms with E-state index in [0.717, 1.165) is 22.4 Å². The van der Waals surface area contributed by atoms with Crippen LogP contribution in [-0.4, -0.2) is 26.8 Å². The third kappa shape index (κ3) is 4.68. The zero-order valence-electron chi connectivity index (χ0n) is 17.5. The highest BCUT2D eigenvalue weighted by atomic mass is 32.2. The molecule has 1 aliphatic heterocycles. The molecule has 2 N–H and O–H groups in total. The number of carbonyl (C=O) groups excluding carboxylic acids is 2. The van der Waals surface area contributed by atoms with Gasteiger partial charge in [-0.05, 0) is 61.0 Å². The number of fused-ring (bicyclic) bond motifs is 1. The molecular formula is C23H23N3O4S2. The van der Waals surface area contributed by atoms with Gasteiger partial charge in [-0.3, -0.25) is 13.9 Å². The van der Waals surface area contributed by atoms with Crippen LogP contribution in [0.1, 0.15) is 22.4 Å². The fourth-order valence-electron chi connectivity index (χ4n) is 3.55. The molecule has 0 fully saturated rings. The molecule has 32 heavy (non-hydrogen) atoms. The molecular weight excluding hydrogens is 446 g/mol. The van der Waals surface area contributed by atoms with Crippen LogP contribution in [0.25, 0.3) is 0 Å². The number of hydrogen-bond acceptors (Lipinski definition) is 5. The Balaban J connectivity index is 1.53. The number of amides is 2.